The zero-order chi connectivity index (χ0) is 16.8. The molecule has 0 atom stereocenters. The zero-order valence-electron chi connectivity index (χ0n) is 13.2. The minimum Gasteiger partial charge on any atom is -0.326 e. The third-order valence-corrected chi connectivity index (χ3v) is 4.13. The molecule has 1 amide bonds. The summed E-state index contributed by atoms with van der Waals surface area (Å²) in [4.78, 5) is 24.7. The van der Waals surface area contributed by atoms with Gasteiger partial charge >= 0.3 is 0 Å². The lowest BCUT2D eigenvalue weighted by molar-refractivity contribution is -0.115. The number of nitrogens with zero attached hydrogens (tertiary/aromatic N) is 3. The van der Waals surface area contributed by atoms with E-state index in [1.165, 1.54) is 16.9 Å². The van der Waals surface area contributed by atoms with Gasteiger partial charge in [0.1, 0.15) is 0 Å². The average molecular weight is 339 g/mol. The molecule has 0 unspecified atom stereocenters. The molecule has 2 heterocycles. The molecule has 7 heteroatoms. The van der Waals surface area contributed by atoms with Crippen molar-refractivity contribution in [3.63, 3.8) is 0 Å². The molecule has 122 valence electrons. The van der Waals surface area contributed by atoms with Crippen LogP contribution in [0.2, 0.25) is 0 Å². The maximum Gasteiger partial charge on any atom is 0.230 e. The maximum absolute atomic E-state index is 12.1. The summed E-state index contributed by atoms with van der Waals surface area (Å²) >= 11 is 1.42. The predicted octanol–water partition coefficient (Wildman–Crippen LogP) is 3.42. The van der Waals surface area contributed by atoms with E-state index in [9.17, 15) is 4.79 Å². The van der Waals surface area contributed by atoms with Crippen molar-refractivity contribution in [1.82, 2.24) is 15.0 Å². The second-order valence-corrected chi connectivity index (χ2v) is 5.97. The Kier molecular flexibility index (Phi) is 5.12. The number of benzene rings is 1. The Morgan fingerprint density at radius 1 is 1.17 bits per heavy atom. The molecule has 6 nitrogen and oxygen atoms in total. The Balaban J connectivity index is 1.56. The maximum atomic E-state index is 12.1. The number of hydrogen-bond acceptors (Lipinski definition) is 6. The molecule has 24 heavy (non-hydrogen) atoms. The number of thiazole rings is 1. The van der Waals surface area contributed by atoms with Crippen molar-refractivity contribution in [2.24, 2.45) is 0 Å². The molecule has 2 aromatic heterocycles. The SMILES string of the molecule is CCc1ccc(NC(=O)Cc2csc(Nc3ncccn3)n2)cc1. The topological polar surface area (TPSA) is 79.8 Å². The summed E-state index contributed by atoms with van der Waals surface area (Å²) in [7, 11) is 0. The number of aryl methyl sites for hydroxylation is 1. The Bertz CT molecular complexity index is 801. The van der Waals surface area contributed by atoms with Crippen molar-refractivity contribution in [2.45, 2.75) is 19.8 Å². The van der Waals surface area contributed by atoms with Gasteiger partial charge < -0.3 is 10.6 Å². The first-order valence-electron chi connectivity index (χ1n) is 7.60. The predicted molar refractivity (Wildman–Crippen MR) is 95.6 cm³/mol. The van der Waals surface area contributed by atoms with E-state index in [2.05, 4.69) is 32.5 Å². The summed E-state index contributed by atoms with van der Waals surface area (Å²) in [5, 5.41) is 8.41. The third-order valence-electron chi connectivity index (χ3n) is 3.32. The van der Waals surface area contributed by atoms with E-state index in [1.807, 2.05) is 29.6 Å². The second kappa shape index (κ2) is 7.65. The lowest BCUT2D eigenvalue weighted by Crippen LogP contribution is -2.14. The summed E-state index contributed by atoms with van der Waals surface area (Å²) in [6.45, 7) is 2.10. The fraction of sp³-hybridized carbons (Fsp3) is 0.176. The highest BCUT2D eigenvalue weighted by atomic mass is 32.1. The summed E-state index contributed by atoms with van der Waals surface area (Å²) in [5.74, 6) is 0.394. The first kappa shape index (κ1) is 16.1. The molecule has 0 saturated carbocycles. The normalized spacial score (nSPS) is 10.4. The standard InChI is InChI=1S/C17H17N5OS/c1-2-12-4-6-13(7-5-12)20-15(23)10-14-11-24-17(21-14)22-16-18-8-3-9-19-16/h3-9,11H,2,10H2,1H3,(H,20,23)(H,18,19,21,22). The fourth-order valence-electron chi connectivity index (χ4n) is 2.10. The van der Waals surface area contributed by atoms with Crippen molar-refractivity contribution in [3.05, 3.63) is 59.4 Å². The van der Waals surface area contributed by atoms with Gasteiger partial charge in [-0.25, -0.2) is 15.0 Å². The lowest BCUT2D eigenvalue weighted by Gasteiger charge is -2.05. The zero-order valence-corrected chi connectivity index (χ0v) is 14.0. The van der Waals surface area contributed by atoms with Crippen molar-refractivity contribution in [1.29, 1.82) is 0 Å². The molecule has 0 fully saturated rings. The van der Waals surface area contributed by atoms with E-state index in [0.717, 1.165) is 12.1 Å². The molecule has 0 aliphatic heterocycles. The molecule has 3 rings (SSSR count). The van der Waals surface area contributed by atoms with Gasteiger partial charge in [-0.2, -0.15) is 0 Å². The van der Waals surface area contributed by atoms with Crippen LogP contribution in [0.5, 0.6) is 0 Å². The molecule has 0 aliphatic rings. The van der Waals surface area contributed by atoms with Crippen molar-refractivity contribution in [2.75, 3.05) is 10.6 Å². The number of carbonyl (C=O) groups excluding carboxylic acids is 1. The van der Waals surface area contributed by atoms with Crippen LogP contribution in [-0.4, -0.2) is 20.9 Å². The van der Waals surface area contributed by atoms with E-state index in [4.69, 9.17) is 0 Å². The number of aromatic nitrogens is 3. The van der Waals surface area contributed by atoms with E-state index in [-0.39, 0.29) is 12.3 Å². The molecule has 2 N–H and O–H groups in total. The van der Waals surface area contributed by atoms with Gasteiger partial charge in [0.2, 0.25) is 11.9 Å². The van der Waals surface area contributed by atoms with Gasteiger partial charge in [-0.15, -0.1) is 11.3 Å². The van der Waals surface area contributed by atoms with Gasteiger partial charge in [0, 0.05) is 23.5 Å². The van der Waals surface area contributed by atoms with Gasteiger partial charge in [-0.05, 0) is 30.2 Å². The van der Waals surface area contributed by atoms with Crippen LogP contribution in [0.25, 0.3) is 0 Å². The molecule has 0 saturated heterocycles. The first-order chi connectivity index (χ1) is 11.7. The van der Waals surface area contributed by atoms with Crippen LogP contribution in [0.15, 0.2) is 48.1 Å². The van der Waals surface area contributed by atoms with Crippen LogP contribution in [-0.2, 0) is 17.6 Å². The summed E-state index contributed by atoms with van der Waals surface area (Å²) in [5.41, 5.74) is 2.75. The molecular weight excluding hydrogens is 322 g/mol. The van der Waals surface area contributed by atoms with Crippen molar-refractivity contribution < 1.29 is 4.79 Å². The highest BCUT2D eigenvalue weighted by Gasteiger charge is 2.09. The summed E-state index contributed by atoms with van der Waals surface area (Å²) in [6.07, 6.45) is 4.51. The average Bonchev–Trinajstić information content (AvgIpc) is 3.03. The van der Waals surface area contributed by atoms with Gasteiger partial charge in [-0.1, -0.05) is 19.1 Å². The van der Waals surface area contributed by atoms with E-state index in [1.54, 1.807) is 18.5 Å². The van der Waals surface area contributed by atoms with Gasteiger partial charge in [0.25, 0.3) is 0 Å². The number of hydrogen-bond donors (Lipinski definition) is 2. The van der Waals surface area contributed by atoms with Crippen molar-refractivity contribution in [3.8, 4) is 0 Å². The molecule has 0 bridgehead atoms. The monoisotopic (exact) mass is 339 g/mol. The molecule has 0 aliphatic carbocycles. The van der Waals surface area contributed by atoms with Gasteiger partial charge in [0.05, 0.1) is 12.1 Å². The van der Waals surface area contributed by atoms with Crippen LogP contribution in [0.1, 0.15) is 18.2 Å². The van der Waals surface area contributed by atoms with E-state index < -0.39 is 0 Å². The number of anilines is 3. The summed E-state index contributed by atoms with van der Waals surface area (Å²) < 4.78 is 0. The van der Waals surface area contributed by atoms with Crippen LogP contribution in [0.4, 0.5) is 16.8 Å². The van der Waals surface area contributed by atoms with Gasteiger partial charge in [-0.3, -0.25) is 4.79 Å². The minimum absolute atomic E-state index is 0.0907. The first-order valence-corrected chi connectivity index (χ1v) is 8.48. The van der Waals surface area contributed by atoms with Crippen LogP contribution >= 0.6 is 11.3 Å². The molecular formula is C17H17N5OS. The second-order valence-electron chi connectivity index (χ2n) is 5.12. The van der Waals surface area contributed by atoms with Crippen LogP contribution in [0.3, 0.4) is 0 Å². The number of carbonyl (C=O) groups is 1. The Morgan fingerprint density at radius 2 is 1.92 bits per heavy atom. The quantitative estimate of drug-likeness (QED) is 0.719. The highest BCUT2D eigenvalue weighted by molar-refractivity contribution is 7.13. The van der Waals surface area contributed by atoms with E-state index in [0.29, 0.717) is 16.8 Å². The smallest absolute Gasteiger partial charge is 0.230 e. The Labute approximate surface area is 144 Å². The summed E-state index contributed by atoms with van der Waals surface area (Å²) in [6, 6.07) is 9.60. The molecule has 3 aromatic rings. The Hall–Kier alpha value is -2.80. The molecule has 0 radical (unpaired) electrons. The number of amides is 1. The number of nitrogens with one attached hydrogen (secondary N) is 2. The lowest BCUT2D eigenvalue weighted by atomic mass is 10.1. The Morgan fingerprint density at radius 3 is 2.62 bits per heavy atom. The molecule has 1 aromatic carbocycles. The van der Waals surface area contributed by atoms with E-state index >= 15 is 0 Å². The largest absolute Gasteiger partial charge is 0.326 e. The van der Waals surface area contributed by atoms with Crippen LogP contribution in [0, 0.1) is 0 Å². The number of rotatable bonds is 6. The molecule has 0 spiro atoms. The minimum atomic E-state index is -0.0907. The van der Waals surface area contributed by atoms with Gasteiger partial charge in [0.15, 0.2) is 5.13 Å². The van der Waals surface area contributed by atoms with Crippen molar-refractivity contribution >= 4 is 34.0 Å². The highest BCUT2D eigenvalue weighted by Crippen LogP contribution is 2.19. The third kappa shape index (κ3) is 4.36. The fourth-order valence-corrected chi connectivity index (χ4v) is 2.80. The van der Waals surface area contributed by atoms with Crippen LogP contribution < -0.4 is 10.6 Å².